The summed E-state index contributed by atoms with van der Waals surface area (Å²) >= 11 is 4.81. The van der Waals surface area contributed by atoms with Gasteiger partial charge in [0.2, 0.25) is 0 Å². The average molecular weight is 477 g/mol. The summed E-state index contributed by atoms with van der Waals surface area (Å²) in [6, 6.07) is 13.5. The van der Waals surface area contributed by atoms with Gasteiger partial charge in [0, 0.05) is 15.7 Å². The fourth-order valence-electron chi connectivity index (χ4n) is 2.65. The Bertz CT molecular complexity index is 931. The monoisotopic (exact) mass is 476 g/mol. The summed E-state index contributed by atoms with van der Waals surface area (Å²) in [5.41, 5.74) is 2.61. The van der Waals surface area contributed by atoms with Crippen LogP contribution in [0.1, 0.15) is 18.1 Å². The van der Waals surface area contributed by atoms with Crippen molar-refractivity contribution in [2.24, 2.45) is 0 Å². The zero-order valence-corrected chi connectivity index (χ0v) is 18.4. The number of hydrogen-bond acceptors (Lipinski definition) is 6. The van der Waals surface area contributed by atoms with Crippen LogP contribution in [0.2, 0.25) is 0 Å². The summed E-state index contributed by atoms with van der Waals surface area (Å²) in [5, 5.41) is 6.21. The molecule has 1 aliphatic heterocycles. The standard InChI is InChI=1S/C21H21BrN2O4S/c1-3-13-4-7-16(8-5-13)23-21-24-20(26)18(29-21)11-14-10-15(22)6-9-17(14)28-12-19(25)27-2/h4-11,21,23H,3,12H2,1-2H3,(H,24,26)/b18-11-/t21-/m0/s1. The number of hydrogen-bond donors (Lipinski definition) is 2. The molecule has 29 heavy (non-hydrogen) atoms. The Balaban J connectivity index is 1.73. The number of anilines is 1. The first-order chi connectivity index (χ1) is 14.0. The molecule has 1 saturated heterocycles. The number of halogens is 1. The van der Waals surface area contributed by atoms with E-state index in [1.165, 1.54) is 24.4 Å². The largest absolute Gasteiger partial charge is 0.481 e. The summed E-state index contributed by atoms with van der Waals surface area (Å²) in [5.74, 6) is -0.152. The maximum atomic E-state index is 12.4. The smallest absolute Gasteiger partial charge is 0.343 e. The molecule has 2 aromatic rings. The minimum absolute atomic E-state index is 0.170. The predicted octanol–water partition coefficient (Wildman–Crippen LogP) is 4.16. The van der Waals surface area contributed by atoms with Gasteiger partial charge < -0.3 is 20.1 Å². The highest BCUT2D eigenvalue weighted by molar-refractivity contribution is 9.10. The second kappa shape index (κ2) is 9.84. The van der Waals surface area contributed by atoms with E-state index in [4.69, 9.17) is 4.74 Å². The number of nitrogens with one attached hydrogen (secondary N) is 2. The molecule has 0 bridgehead atoms. The van der Waals surface area contributed by atoms with Gasteiger partial charge in [-0.3, -0.25) is 4.79 Å². The highest BCUT2D eigenvalue weighted by Gasteiger charge is 2.27. The Hall–Kier alpha value is -2.45. The molecule has 0 aromatic heterocycles. The average Bonchev–Trinajstić information content (AvgIpc) is 3.06. The summed E-state index contributed by atoms with van der Waals surface area (Å²) in [6.07, 6.45) is 2.73. The van der Waals surface area contributed by atoms with Gasteiger partial charge in [-0.25, -0.2) is 4.79 Å². The third kappa shape index (κ3) is 5.77. The van der Waals surface area contributed by atoms with Crippen LogP contribution in [0.3, 0.4) is 0 Å². The van der Waals surface area contributed by atoms with E-state index in [2.05, 4.69) is 50.4 Å². The zero-order chi connectivity index (χ0) is 20.8. The van der Waals surface area contributed by atoms with Gasteiger partial charge in [-0.15, -0.1) is 0 Å². The van der Waals surface area contributed by atoms with Crippen LogP contribution in [0.15, 0.2) is 51.8 Å². The topological polar surface area (TPSA) is 76.7 Å². The molecule has 1 amide bonds. The quantitative estimate of drug-likeness (QED) is 0.461. The third-order valence-electron chi connectivity index (χ3n) is 4.22. The molecule has 152 valence electrons. The van der Waals surface area contributed by atoms with Crippen LogP contribution in [-0.2, 0) is 20.7 Å². The molecule has 3 rings (SSSR count). The molecular weight excluding hydrogens is 456 g/mol. The molecule has 1 fully saturated rings. The lowest BCUT2D eigenvalue weighted by molar-refractivity contribution is -0.142. The molecule has 1 heterocycles. The second-order valence-electron chi connectivity index (χ2n) is 6.22. The van der Waals surface area contributed by atoms with Gasteiger partial charge in [-0.2, -0.15) is 0 Å². The van der Waals surface area contributed by atoms with Gasteiger partial charge in [0.15, 0.2) is 12.1 Å². The molecule has 6 nitrogen and oxygen atoms in total. The number of esters is 1. The van der Waals surface area contributed by atoms with Gasteiger partial charge in [-0.1, -0.05) is 46.7 Å². The molecule has 1 aliphatic rings. The van der Waals surface area contributed by atoms with E-state index >= 15 is 0 Å². The maximum absolute atomic E-state index is 12.4. The van der Waals surface area contributed by atoms with Crippen molar-refractivity contribution in [1.29, 1.82) is 0 Å². The van der Waals surface area contributed by atoms with Gasteiger partial charge >= 0.3 is 5.97 Å². The van der Waals surface area contributed by atoms with E-state index in [-0.39, 0.29) is 18.0 Å². The number of benzene rings is 2. The van der Waals surface area contributed by atoms with Crippen LogP contribution in [0.4, 0.5) is 5.69 Å². The minimum atomic E-state index is -0.474. The Kier molecular flexibility index (Phi) is 7.22. The van der Waals surface area contributed by atoms with E-state index in [0.29, 0.717) is 16.2 Å². The molecule has 8 heteroatoms. The summed E-state index contributed by atoms with van der Waals surface area (Å²) in [4.78, 5) is 24.3. The number of rotatable bonds is 7. The van der Waals surface area contributed by atoms with Crippen molar-refractivity contribution in [1.82, 2.24) is 5.32 Å². The first-order valence-electron chi connectivity index (χ1n) is 9.02. The Labute approximate surface area is 182 Å². The predicted molar refractivity (Wildman–Crippen MR) is 119 cm³/mol. The molecule has 1 atom stereocenters. The van der Waals surface area contributed by atoms with E-state index in [0.717, 1.165) is 16.6 Å². The fourth-order valence-corrected chi connectivity index (χ4v) is 4.01. The van der Waals surface area contributed by atoms with Crippen LogP contribution in [0.25, 0.3) is 6.08 Å². The molecule has 0 radical (unpaired) electrons. The van der Waals surface area contributed by atoms with Crippen LogP contribution in [-0.4, -0.2) is 31.1 Å². The van der Waals surface area contributed by atoms with Crippen LogP contribution >= 0.6 is 27.7 Å². The number of ether oxygens (including phenoxy) is 2. The number of methoxy groups -OCH3 is 1. The van der Waals surface area contributed by atoms with E-state index in [9.17, 15) is 9.59 Å². The zero-order valence-electron chi connectivity index (χ0n) is 16.0. The number of amides is 1. The first kappa shape index (κ1) is 21.3. The summed E-state index contributed by atoms with van der Waals surface area (Å²) in [7, 11) is 1.30. The lowest BCUT2D eigenvalue weighted by atomic mass is 10.1. The first-order valence-corrected chi connectivity index (χ1v) is 10.7. The number of aryl methyl sites for hydroxylation is 1. The van der Waals surface area contributed by atoms with Crippen LogP contribution in [0, 0.1) is 0 Å². The molecule has 2 N–H and O–H groups in total. The van der Waals surface area contributed by atoms with Gasteiger partial charge in [0.1, 0.15) is 5.75 Å². The fraction of sp³-hybridized carbons (Fsp3) is 0.238. The van der Waals surface area contributed by atoms with Crippen molar-refractivity contribution in [2.45, 2.75) is 18.8 Å². The van der Waals surface area contributed by atoms with E-state index in [1.807, 2.05) is 18.2 Å². The number of thioether (sulfide) groups is 1. The van der Waals surface area contributed by atoms with Gasteiger partial charge in [0.25, 0.3) is 5.91 Å². The molecule has 0 saturated carbocycles. The van der Waals surface area contributed by atoms with Gasteiger partial charge in [-0.05, 0) is 48.4 Å². The maximum Gasteiger partial charge on any atom is 0.343 e. The molecule has 0 unspecified atom stereocenters. The van der Waals surface area contributed by atoms with Crippen molar-refractivity contribution in [3.8, 4) is 5.75 Å². The van der Waals surface area contributed by atoms with Crippen molar-refractivity contribution in [2.75, 3.05) is 19.0 Å². The third-order valence-corrected chi connectivity index (χ3v) is 5.74. The lowest BCUT2D eigenvalue weighted by Gasteiger charge is -2.13. The van der Waals surface area contributed by atoms with E-state index in [1.54, 1.807) is 18.2 Å². The summed E-state index contributed by atoms with van der Waals surface area (Å²) < 4.78 is 11.0. The van der Waals surface area contributed by atoms with Crippen LogP contribution < -0.4 is 15.4 Å². The molecule has 0 aliphatic carbocycles. The molecule has 2 aromatic carbocycles. The lowest BCUT2D eigenvalue weighted by Crippen LogP contribution is -2.30. The molecular formula is C21H21BrN2O4S. The van der Waals surface area contributed by atoms with Crippen LogP contribution in [0.5, 0.6) is 5.75 Å². The van der Waals surface area contributed by atoms with Crippen molar-refractivity contribution in [3.63, 3.8) is 0 Å². The highest BCUT2D eigenvalue weighted by atomic mass is 79.9. The Morgan fingerprint density at radius 1 is 1.28 bits per heavy atom. The van der Waals surface area contributed by atoms with Crippen molar-refractivity contribution >= 4 is 51.3 Å². The Morgan fingerprint density at radius 2 is 2.03 bits per heavy atom. The van der Waals surface area contributed by atoms with Crippen molar-refractivity contribution < 1.29 is 19.1 Å². The highest BCUT2D eigenvalue weighted by Crippen LogP contribution is 2.33. The number of carbonyl (C=O) groups excluding carboxylic acids is 2. The minimum Gasteiger partial charge on any atom is -0.481 e. The second-order valence-corrected chi connectivity index (χ2v) is 8.28. The SMILES string of the molecule is CCc1ccc(N[C@H]2NC(=O)/C(=C/c3cc(Br)ccc3OCC(=O)OC)S2)cc1. The van der Waals surface area contributed by atoms with Gasteiger partial charge in [0.05, 0.1) is 12.0 Å². The van der Waals surface area contributed by atoms with E-state index < -0.39 is 5.97 Å². The summed E-state index contributed by atoms with van der Waals surface area (Å²) in [6.45, 7) is 1.91. The number of carbonyl (C=O) groups is 2. The van der Waals surface area contributed by atoms with Crippen molar-refractivity contribution in [3.05, 3.63) is 63.0 Å². The molecule has 0 spiro atoms. The Morgan fingerprint density at radius 3 is 2.72 bits per heavy atom. The normalized spacial score (nSPS) is 17.1.